The van der Waals surface area contributed by atoms with Crippen LogP contribution in [-0.2, 0) is 14.4 Å². The Balaban J connectivity index is 1.49. The normalized spacial score (nSPS) is 14.6. The molecule has 0 atom stereocenters. The number of anilines is 2. The summed E-state index contributed by atoms with van der Waals surface area (Å²) < 4.78 is 19.9. The molecule has 1 heterocycles. The van der Waals surface area contributed by atoms with E-state index in [0.29, 0.717) is 11.3 Å². The Morgan fingerprint density at radius 1 is 1.03 bits per heavy atom. The van der Waals surface area contributed by atoms with E-state index in [4.69, 9.17) is 4.74 Å². The fourth-order valence-electron chi connectivity index (χ4n) is 3.24. The summed E-state index contributed by atoms with van der Waals surface area (Å²) in [6.45, 7) is -0.389. The van der Waals surface area contributed by atoms with Crippen molar-refractivity contribution < 1.29 is 28.3 Å². The van der Waals surface area contributed by atoms with Crippen LogP contribution in [0.15, 0.2) is 82.8 Å². The molecule has 0 saturated carbocycles. The van der Waals surface area contributed by atoms with E-state index in [1.54, 1.807) is 48.5 Å². The number of para-hydroxylation sites is 1. The first-order chi connectivity index (χ1) is 16.8. The van der Waals surface area contributed by atoms with Gasteiger partial charge in [0.15, 0.2) is 6.61 Å². The quantitative estimate of drug-likeness (QED) is 0.361. The molecule has 0 spiro atoms. The van der Waals surface area contributed by atoms with Gasteiger partial charge in [-0.2, -0.15) is 0 Å². The van der Waals surface area contributed by atoms with Crippen LogP contribution >= 0.6 is 15.9 Å². The van der Waals surface area contributed by atoms with Gasteiger partial charge in [-0.1, -0.05) is 40.2 Å². The zero-order valence-electron chi connectivity index (χ0n) is 18.0. The Bertz CT molecular complexity index is 1360. The minimum absolute atomic E-state index is 0.0336. The Kier molecular flexibility index (Phi) is 7.02. The first-order valence-corrected chi connectivity index (χ1v) is 11.1. The van der Waals surface area contributed by atoms with Crippen LogP contribution in [0.25, 0.3) is 6.08 Å². The summed E-state index contributed by atoms with van der Waals surface area (Å²) in [4.78, 5) is 50.6. The van der Waals surface area contributed by atoms with Crippen molar-refractivity contribution in [3.8, 4) is 5.75 Å². The predicted octanol–water partition coefficient (Wildman–Crippen LogP) is 4.27. The highest BCUT2D eigenvalue weighted by molar-refractivity contribution is 9.10. The van der Waals surface area contributed by atoms with Gasteiger partial charge in [-0.05, 0) is 60.2 Å². The molecule has 5 amide bonds. The van der Waals surface area contributed by atoms with Gasteiger partial charge in [-0.15, -0.1) is 0 Å². The van der Waals surface area contributed by atoms with Gasteiger partial charge < -0.3 is 10.1 Å². The number of nitrogens with zero attached hydrogens (tertiary/aromatic N) is 1. The van der Waals surface area contributed by atoms with Crippen LogP contribution in [0.3, 0.4) is 0 Å². The van der Waals surface area contributed by atoms with Gasteiger partial charge in [0.05, 0.1) is 11.4 Å². The first kappa shape index (κ1) is 23.8. The lowest BCUT2D eigenvalue weighted by molar-refractivity contribution is -0.122. The number of barbiturate groups is 1. The van der Waals surface area contributed by atoms with Gasteiger partial charge in [-0.3, -0.25) is 19.7 Å². The predicted molar refractivity (Wildman–Crippen MR) is 130 cm³/mol. The largest absolute Gasteiger partial charge is 0.484 e. The van der Waals surface area contributed by atoms with Crippen molar-refractivity contribution in [1.82, 2.24) is 5.32 Å². The van der Waals surface area contributed by atoms with Crippen molar-refractivity contribution in [2.75, 3.05) is 16.8 Å². The Hall–Kier alpha value is -4.31. The van der Waals surface area contributed by atoms with Crippen molar-refractivity contribution in [3.63, 3.8) is 0 Å². The molecule has 1 saturated heterocycles. The van der Waals surface area contributed by atoms with Crippen molar-refractivity contribution in [2.45, 2.75) is 0 Å². The lowest BCUT2D eigenvalue weighted by Crippen LogP contribution is -2.54. The number of nitrogens with one attached hydrogen (secondary N) is 2. The lowest BCUT2D eigenvalue weighted by atomic mass is 10.1. The summed E-state index contributed by atoms with van der Waals surface area (Å²) in [7, 11) is 0. The van der Waals surface area contributed by atoms with Crippen LogP contribution in [0.1, 0.15) is 5.56 Å². The van der Waals surface area contributed by atoms with E-state index in [2.05, 4.69) is 26.6 Å². The summed E-state index contributed by atoms with van der Waals surface area (Å²) in [5.41, 5.74) is 0.515. The monoisotopic (exact) mass is 537 g/mol. The summed E-state index contributed by atoms with van der Waals surface area (Å²) in [5.74, 6) is -2.46. The van der Waals surface area contributed by atoms with Gasteiger partial charge in [0.1, 0.15) is 17.1 Å². The molecule has 4 rings (SSSR count). The molecule has 0 aromatic heterocycles. The van der Waals surface area contributed by atoms with Gasteiger partial charge in [0.2, 0.25) is 0 Å². The SMILES string of the molecule is O=C(COc1cccc(/C=C2\C(=O)NC(=O)N(c3ccc(Br)cc3)C2=O)c1)Nc1ccccc1F. The topological polar surface area (TPSA) is 105 Å². The Morgan fingerprint density at radius 2 is 1.77 bits per heavy atom. The summed E-state index contributed by atoms with van der Waals surface area (Å²) >= 11 is 3.29. The fourth-order valence-corrected chi connectivity index (χ4v) is 3.50. The number of carbonyl (C=O) groups excluding carboxylic acids is 4. The van der Waals surface area contributed by atoms with Crippen LogP contribution in [0.2, 0.25) is 0 Å². The number of amides is 5. The van der Waals surface area contributed by atoms with E-state index < -0.39 is 29.6 Å². The van der Waals surface area contributed by atoms with Crippen LogP contribution < -0.4 is 20.3 Å². The van der Waals surface area contributed by atoms with Gasteiger partial charge in [0, 0.05) is 4.47 Å². The third-order valence-corrected chi connectivity index (χ3v) is 5.40. The van der Waals surface area contributed by atoms with Crippen LogP contribution in [-0.4, -0.2) is 30.4 Å². The molecule has 3 aromatic carbocycles. The van der Waals surface area contributed by atoms with E-state index in [9.17, 15) is 23.6 Å². The second-order valence-electron chi connectivity index (χ2n) is 7.32. The number of carbonyl (C=O) groups is 4. The van der Waals surface area contributed by atoms with E-state index in [-0.39, 0.29) is 23.6 Å². The zero-order valence-corrected chi connectivity index (χ0v) is 19.5. The number of ether oxygens (including phenoxy) is 1. The molecule has 1 aliphatic heterocycles. The van der Waals surface area contributed by atoms with E-state index >= 15 is 0 Å². The number of hydrogen-bond donors (Lipinski definition) is 2. The average Bonchev–Trinajstić information content (AvgIpc) is 2.83. The molecule has 1 fully saturated rings. The van der Waals surface area contributed by atoms with E-state index in [0.717, 1.165) is 9.37 Å². The third-order valence-electron chi connectivity index (χ3n) is 4.87. The molecule has 0 aliphatic carbocycles. The highest BCUT2D eigenvalue weighted by Gasteiger charge is 2.36. The third kappa shape index (κ3) is 5.61. The molecule has 0 bridgehead atoms. The molecule has 10 heteroatoms. The van der Waals surface area contributed by atoms with Crippen LogP contribution in [0.5, 0.6) is 5.75 Å². The van der Waals surface area contributed by atoms with Gasteiger partial charge in [0.25, 0.3) is 17.7 Å². The van der Waals surface area contributed by atoms with Crippen molar-refractivity contribution in [3.05, 3.63) is 94.2 Å². The number of rotatable bonds is 6. The van der Waals surface area contributed by atoms with E-state index in [1.807, 2.05) is 0 Å². The summed E-state index contributed by atoms with van der Waals surface area (Å²) in [5, 5.41) is 4.57. The highest BCUT2D eigenvalue weighted by atomic mass is 79.9. The molecule has 2 N–H and O–H groups in total. The second kappa shape index (κ2) is 10.3. The number of hydrogen-bond acceptors (Lipinski definition) is 5. The number of benzene rings is 3. The molecule has 3 aromatic rings. The minimum Gasteiger partial charge on any atom is -0.484 e. The average molecular weight is 538 g/mol. The summed E-state index contributed by atoms with van der Waals surface area (Å²) in [6, 6.07) is 17.7. The smallest absolute Gasteiger partial charge is 0.335 e. The van der Waals surface area contributed by atoms with Crippen LogP contribution in [0.4, 0.5) is 20.6 Å². The zero-order chi connectivity index (χ0) is 24.9. The molecular weight excluding hydrogens is 521 g/mol. The molecule has 0 unspecified atom stereocenters. The number of halogens is 2. The van der Waals surface area contributed by atoms with E-state index in [1.165, 1.54) is 30.3 Å². The Labute approximate surface area is 207 Å². The molecule has 8 nitrogen and oxygen atoms in total. The minimum atomic E-state index is -0.850. The van der Waals surface area contributed by atoms with Crippen molar-refractivity contribution >= 4 is 57.1 Å². The highest BCUT2D eigenvalue weighted by Crippen LogP contribution is 2.24. The first-order valence-electron chi connectivity index (χ1n) is 10.3. The van der Waals surface area contributed by atoms with Crippen molar-refractivity contribution in [1.29, 1.82) is 0 Å². The Morgan fingerprint density at radius 3 is 2.51 bits per heavy atom. The molecule has 35 heavy (non-hydrogen) atoms. The standard InChI is InChI=1S/C25H17BrFN3O5/c26-16-8-10-17(11-9-16)30-24(33)19(23(32)29-25(30)34)13-15-4-3-5-18(12-15)35-14-22(31)28-21-7-2-1-6-20(21)27/h1-13H,14H2,(H,28,31)(H,29,32,34)/b19-13+. The fraction of sp³-hybridized carbons (Fsp3) is 0.0400. The summed E-state index contributed by atoms with van der Waals surface area (Å²) in [6.07, 6.45) is 1.32. The number of imide groups is 2. The molecule has 176 valence electrons. The van der Waals surface area contributed by atoms with Gasteiger partial charge in [-0.25, -0.2) is 14.1 Å². The van der Waals surface area contributed by atoms with Crippen molar-refractivity contribution in [2.24, 2.45) is 0 Å². The number of urea groups is 1. The lowest BCUT2D eigenvalue weighted by Gasteiger charge is -2.26. The van der Waals surface area contributed by atoms with Gasteiger partial charge >= 0.3 is 6.03 Å². The maximum absolute atomic E-state index is 13.7. The molecule has 0 radical (unpaired) electrons. The maximum Gasteiger partial charge on any atom is 0.335 e. The van der Waals surface area contributed by atoms with Crippen LogP contribution in [0, 0.1) is 5.82 Å². The molecule has 1 aliphatic rings. The second-order valence-corrected chi connectivity index (χ2v) is 8.24. The maximum atomic E-state index is 13.7. The molecular formula is C25H17BrFN3O5.